The minimum Gasteiger partial charge on any atom is -0.394 e. The number of alkyl halides is 3. The van der Waals surface area contributed by atoms with Crippen molar-refractivity contribution >= 4 is 51.3 Å². The van der Waals surface area contributed by atoms with Crippen LogP contribution in [0.1, 0.15) is 0 Å². The molecule has 0 amide bonds. The van der Waals surface area contributed by atoms with Gasteiger partial charge in [-0.25, -0.2) is 4.57 Å². The normalized spacial score (nSPS) is 15.4. The minimum absolute atomic E-state index is 0.149. The van der Waals surface area contributed by atoms with Gasteiger partial charge in [-0.15, -0.1) is 11.6 Å². The summed E-state index contributed by atoms with van der Waals surface area (Å²) in [6, 6.07) is 0. The summed E-state index contributed by atoms with van der Waals surface area (Å²) in [7, 11) is -4.37. The van der Waals surface area contributed by atoms with Crippen LogP contribution < -0.4 is 5.73 Å². The number of aliphatic hydroxyl groups excluding tert-OH is 3. The first-order valence-electron chi connectivity index (χ1n) is 4.75. The van der Waals surface area contributed by atoms with Gasteiger partial charge >= 0.3 is 7.82 Å². The van der Waals surface area contributed by atoms with Crippen LogP contribution in [-0.4, -0.2) is 66.2 Å². The second-order valence-corrected chi connectivity index (χ2v) is 7.87. The van der Waals surface area contributed by atoms with Gasteiger partial charge in [0.25, 0.3) is 0 Å². The molecule has 0 aromatic heterocycles. The first kappa shape index (κ1) is 22.5. The highest BCUT2D eigenvalue weighted by Gasteiger charge is 2.21. The van der Waals surface area contributed by atoms with E-state index in [-0.39, 0.29) is 11.4 Å². The van der Waals surface area contributed by atoms with E-state index in [1.165, 1.54) is 0 Å². The van der Waals surface area contributed by atoms with Gasteiger partial charge in [0, 0.05) is 0 Å². The molecule has 0 saturated carbocycles. The van der Waals surface area contributed by atoms with Crippen LogP contribution in [-0.2, 0) is 9.09 Å². The smallest absolute Gasteiger partial charge is 0.394 e. The lowest BCUT2D eigenvalue weighted by molar-refractivity contribution is 0.0697. The van der Waals surface area contributed by atoms with Crippen molar-refractivity contribution in [3.63, 3.8) is 0 Å². The maximum absolute atomic E-state index is 10.2. The number of phosphoric ester groups is 1. The van der Waals surface area contributed by atoms with Crippen LogP contribution in [0.15, 0.2) is 0 Å². The summed E-state index contributed by atoms with van der Waals surface area (Å²) in [5, 5.41) is 25.0. The van der Waals surface area contributed by atoms with E-state index >= 15 is 0 Å². The highest BCUT2D eigenvalue weighted by molar-refractivity contribution is 9.12. The molecule has 0 aromatic carbocycles. The SMILES string of the molecule is NC(CO)(CO)CO.O=P(O)(O)OCC(Br)C(Cl)Br. The van der Waals surface area contributed by atoms with E-state index in [4.69, 9.17) is 42.4 Å². The zero-order valence-electron chi connectivity index (χ0n) is 9.69. The molecule has 19 heavy (non-hydrogen) atoms. The van der Waals surface area contributed by atoms with Gasteiger partial charge < -0.3 is 30.8 Å². The number of nitrogens with two attached hydrogens (primary N) is 1. The minimum atomic E-state index is -4.37. The van der Waals surface area contributed by atoms with Gasteiger partial charge in [-0.1, -0.05) is 31.9 Å². The van der Waals surface area contributed by atoms with E-state index in [1.54, 1.807) is 0 Å². The van der Waals surface area contributed by atoms with Gasteiger partial charge in [-0.3, -0.25) is 4.52 Å². The summed E-state index contributed by atoms with van der Waals surface area (Å²) in [5.74, 6) is 0. The van der Waals surface area contributed by atoms with Crippen LogP contribution in [0.4, 0.5) is 0 Å². The molecular weight excluding hydrogens is 436 g/mol. The molecule has 2 atom stereocenters. The van der Waals surface area contributed by atoms with Crippen LogP contribution in [0.5, 0.6) is 0 Å². The number of aliphatic hydroxyl groups is 3. The average Bonchev–Trinajstić information content (AvgIpc) is 2.34. The summed E-state index contributed by atoms with van der Waals surface area (Å²) < 4.78 is 13.9. The predicted octanol–water partition coefficient (Wildman–Crippen LogP) is -0.520. The summed E-state index contributed by atoms with van der Waals surface area (Å²) in [4.78, 5) is 16.2. The Kier molecular flexibility index (Phi) is 12.8. The molecule has 0 radical (unpaired) electrons. The molecule has 0 saturated heterocycles. The Morgan fingerprint density at radius 1 is 1.21 bits per heavy atom. The molecule has 118 valence electrons. The number of rotatable bonds is 7. The fraction of sp³-hybridized carbons (Fsp3) is 1.00. The lowest BCUT2D eigenvalue weighted by Crippen LogP contribution is -2.50. The van der Waals surface area contributed by atoms with Crippen LogP contribution >= 0.6 is 51.3 Å². The van der Waals surface area contributed by atoms with Crippen molar-refractivity contribution in [1.29, 1.82) is 0 Å². The molecule has 0 aromatic rings. The zero-order valence-corrected chi connectivity index (χ0v) is 14.5. The van der Waals surface area contributed by atoms with Gasteiger partial charge in [0.1, 0.15) is 4.29 Å². The van der Waals surface area contributed by atoms with Crippen LogP contribution in [0.25, 0.3) is 0 Å². The maximum Gasteiger partial charge on any atom is 0.469 e. The molecule has 0 heterocycles. The van der Waals surface area contributed by atoms with E-state index in [1.807, 2.05) is 0 Å². The average molecular weight is 453 g/mol. The Balaban J connectivity index is 0. The van der Waals surface area contributed by atoms with Crippen molar-refractivity contribution in [2.24, 2.45) is 5.73 Å². The number of hydrogen-bond donors (Lipinski definition) is 6. The molecule has 0 fully saturated rings. The van der Waals surface area contributed by atoms with E-state index in [0.29, 0.717) is 0 Å². The van der Waals surface area contributed by atoms with Crippen molar-refractivity contribution < 1.29 is 34.2 Å². The number of halogens is 3. The second kappa shape index (κ2) is 10.9. The van der Waals surface area contributed by atoms with Gasteiger partial charge in [0.2, 0.25) is 0 Å². The van der Waals surface area contributed by atoms with E-state index < -0.39 is 37.5 Å². The van der Waals surface area contributed by atoms with Crippen molar-refractivity contribution in [1.82, 2.24) is 0 Å². The summed E-state index contributed by atoms with van der Waals surface area (Å²) in [5.41, 5.74) is 3.94. The Morgan fingerprint density at radius 3 is 1.74 bits per heavy atom. The van der Waals surface area contributed by atoms with Crippen LogP contribution in [0, 0.1) is 0 Å². The van der Waals surface area contributed by atoms with Crippen LogP contribution in [0.2, 0.25) is 0 Å². The lowest BCUT2D eigenvalue weighted by Gasteiger charge is -2.20. The molecule has 0 spiro atoms. The summed E-state index contributed by atoms with van der Waals surface area (Å²) in [6.07, 6.45) is 0. The van der Waals surface area contributed by atoms with Gasteiger partial charge in [-0.05, 0) is 0 Å². The van der Waals surface area contributed by atoms with Crippen molar-refractivity contribution in [2.45, 2.75) is 14.7 Å². The first-order valence-corrected chi connectivity index (χ1v) is 8.55. The standard InChI is InChI=1S/C4H11NO3.C3H6Br2ClO4P/c5-4(1-6,2-7)3-8;4-2(3(5)6)1-10-11(7,8)9/h6-8H,1-3,5H2;2-3H,1H2,(H2,7,8,9). The van der Waals surface area contributed by atoms with E-state index in [9.17, 15) is 4.57 Å². The molecule has 0 bridgehead atoms. The lowest BCUT2D eigenvalue weighted by atomic mass is 10.1. The molecular formula is C7H17Br2ClNO7P. The monoisotopic (exact) mass is 451 g/mol. The van der Waals surface area contributed by atoms with Crippen LogP contribution in [0.3, 0.4) is 0 Å². The largest absolute Gasteiger partial charge is 0.469 e. The third-order valence-corrected chi connectivity index (χ3v) is 4.85. The molecule has 0 aliphatic heterocycles. The fourth-order valence-corrected chi connectivity index (χ4v) is 1.31. The Bertz CT molecular complexity index is 268. The van der Waals surface area contributed by atoms with Crippen molar-refractivity contribution in [3.8, 4) is 0 Å². The number of hydrogen-bond acceptors (Lipinski definition) is 6. The molecule has 2 unspecified atom stereocenters. The maximum atomic E-state index is 10.2. The Hall–Kier alpha value is 1.20. The highest BCUT2D eigenvalue weighted by atomic mass is 79.9. The molecule has 12 heteroatoms. The van der Waals surface area contributed by atoms with Crippen molar-refractivity contribution in [2.75, 3.05) is 26.4 Å². The topological polar surface area (TPSA) is 153 Å². The fourth-order valence-electron chi connectivity index (χ4n) is 0.391. The number of phosphoric acid groups is 1. The predicted molar refractivity (Wildman–Crippen MR) is 77.5 cm³/mol. The molecule has 0 aliphatic carbocycles. The molecule has 8 nitrogen and oxygen atoms in total. The summed E-state index contributed by atoms with van der Waals surface area (Å²) >= 11 is 11.5. The molecule has 7 N–H and O–H groups in total. The van der Waals surface area contributed by atoms with E-state index in [2.05, 4.69) is 36.4 Å². The van der Waals surface area contributed by atoms with Crippen molar-refractivity contribution in [3.05, 3.63) is 0 Å². The van der Waals surface area contributed by atoms with E-state index in [0.717, 1.165) is 0 Å². The Morgan fingerprint density at radius 2 is 1.58 bits per heavy atom. The molecule has 0 aliphatic rings. The highest BCUT2D eigenvalue weighted by Crippen LogP contribution is 2.37. The van der Waals surface area contributed by atoms with Gasteiger partial charge in [-0.2, -0.15) is 0 Å². The molecule has 0 rings (SSSR count). The third kappa shape index (κ3) is 13.9. The van der Waals surface area contributed by atoms with Gasteiger partial charge in [0.15, 0.2) is 0 Å². The second-order valence-electron chi connectivity index (χ2n) is 3.47. The summed E-state index contributed by atoms with van der Waals surface area (Å²) in [6.45, 7) is -1.36. The Labute approximate surface area is 132 Å². The zero-order chi connectivity index (χ0) is 15.7. The quantitative estimate of drug-likeness (QED) is 0.222. The first-order chi connectivity index (χ1) is 8.51. The third-order valence-electron chi connectivity index (χ3n) is 1.62. The van der Waals surface area contributed by atoms with Gasteiger partial charge in [0.05, 0.1) is 36.8 Å².